The average Bonchev–Trinajstić information content (AvgIpc) is 2.62. The number of benzene rings is 1. The molecule has 1 aromatic heterocycles. The first kappa shape index (κ1) is 10.5. The van der Waals surface area contributed by atoms with E-state index in [1.165, 1.54) is 37.1 Å². The second-order valence-corrected chi connectivity index (χ2v) is 4.56. The molecule has 0 bridgehead atoms. The van der Waals surface area contributed by atoms with Gasteiger partial charge in [0, 0.05) is 17.8 Å². The van der Waals surface area contributed by atoms with Gasteiger partial charge in [-0.3, -0.25) is 4.68 Å². The number of rotatable bonds is 1. The van der Waals surface area contributed by atoms with E-state index in [1.807, 2.05) is 0 Å². The van der Waals surface area contributed by atoms with E-state index < -0.39 is 0 Å². The number of aryl methyl sites for hydroxylation is 2. The largest absolute Gasteiger partial charge is 0.269 e. The van der Waals surface area contributed by atoms with Crippen LogP contribution in [-0.2, 0) is 13.0 Å². The van der Waals surface area contributed by atoms with Gasteiger partial charge in [0.15, 0.2) is 0 Å². The predicted octanol–water partition coefficient (Wildman–Crippen LogP) is 3.42. The van der Waals surface area contributed by atoms with E-state index in [2.05, 4.69) is 15.8 Å². The first-order valence-corrected chi connectivity index (χ1v) is 6.15. The van der Waals surface area contributed by atoms with Crippen molar-refractivity contribution in [2.24, 2.45) is 0 Å². The number of halogens is 1. The minimum Gasteiger partial charge on any atom is -0.269 e. The van der Waals surface area contributed by atoms with Gasteiger partial charge in [-0.2, -0.15) is 5.10 Å². The molecule has 2 heterocycles. The van der Waals surface area contributed by atoms with Crippen LogP contribution in [0.2, 0.25) is 0 Å². The number of fused-ring (bicyclic) bond motifs is 1. The minimum atomic E-state index is -0.200. The molecule has 0 amide bonds. The monoisotopic (exact) mass is 230 g/mol. The minimum absolute atomic E-state index is 0.200. The van der Waals surface area contributed by atoms with Crippen LogP contribution in [-0.4, -0.2) is 9.78 Å². The Kier molecular flexibility index (Phi) is 2.67. The number of nitrogens with zero attached hydrogens (tertiary/aromatic N) is 2. The summed E-state index contributed by atoms with van der Waals surface area (Å²) in [5, 5.41) is 4.60. The highest BCUT2D eigenvalue weighted by atomic mass is 19.1. The summed E-state index contributed by atoms with van der Waals surface area (Å²) >= 11 is 0. The van der Waals surface area contributed by atoms with Crippen molar-refractivity contribution in [2.75, 3.05) is 0 Å². The molecule has 1 aliphatic rings. The molecular weight excluding hydrogens is 215 g/mol. The lowest BCUT2D eigenvalue weighted by Gasteiger charge is -2.00. The third-order valence-electron chi connectivity index (χ3n) is 3.31. The van der Waals surface area contributed by atoms with Crippen LogP contribution in [0.4, 0.5) is 4.39 Å². The van der Waals surface area contributed by atoms with E-state index in [4.69, 9.17) is 0 Å². The molecule has 0 spiro atoms. The van der Waals surface area contributed by atoms with Crippen molar-refractivity contribution in [2.45, 2.75) is 32.2 Å². The summed E-state index contributed by atoms with van der Waals surface area (Å²) < 4.78 is 15.0. The van der Waals surface area contributed by atoms with Crippen LogP contribution in [0.1, 0.15) is 25.0 Å². The van der Waals surface area contributed by atoms with Crippen molar-refractivity contribution in [3.8, 4) is 11.3 Å². The van der Waals surface area contributed by atoms with Gasteiger partial charge in [0.05, 0.1) is 5.69 Å². The van der Waals surface area contributed by atoms with E-state index in [0.29, 0.717) is 0 Å². The van der Waals surface area contributed by atoms with Crippen molar-refractivity contribution in [1.29, 1.82) is 0 Å². The summed E-state index contributed by atoms with van der Waals surface area (Å²) in [5.74, 6) is -0.200. The lowest BCUT2D eigenvalue weighted by Crippen LogP contribution is -2.01. The van der Waals surface area contributed by atoms with Gasteiger partial charge in [-0.1, -0.05) is 6.42 Å². The molecule has 3 rings (SSSR count). The molecule has 2 nitrogen and oxygen atoms in total. The van der Waals surface area contributed by atoms with Crippen molar-refractivity contribution in [3.05, 3.63) is 41.8 Å². The average molecular weight is 230 g/mol. The molecule has 0 unspecified atom stereocenters. The Morgan fingerprint density at radius 2 is 1.88 bits per heavy atom. The summed E-state index contributed by atoms with van der Waals surface area (Å²) in [6, 6.07) is 8.69. The van der Waals surface area contributed by atoms with Crippen LogP contribution in [0, 0.1) is 5.82 Å². The molecule has 0 fully saturated rings. The van der Waals surface area contributed by atoms with E-state index in [9.17, 15) is 4.39 Å². The van der Waals surface area contributed by atoms with Crippen LogP contribution in [0.3, 0.4) is 0 Å². The molecule has 1 aromatic carbocycles. The molecule has 3 heteroatoms. The fraction of sp³-hybridized carbons (Fsp3) is 0.357. The van der Waals surface area contributed by atoms with Crippen LogP contribution >= 0.6 is 0 Å². The Hall–Kier alpha value is -1.64. The van der Waals surface area contributed by atoms with Gasteiger partial charge in [0.25, 0.3) is 0 Å². The Bertz CT molecular complexity index is 490. The second kappa shape index (κ2) is 4.32. The van der Waals surface area contributed by atoms with Crippen molar-refractivity contribution in [3.63, 3.8) is 0 Å². The molecule has 1 aliphatic heterocycles. The molecule has 17 heavy (non-hydrogen) atoms. The molecule has 0 atom stereocenters. The van der Waals surface area contributed by atoms with Crippen LogP contribution in [0.5, 0.6) is 0 Å². The molecule has 0 saturated carbocycles. The molecule has 0 N–H and O–H groups in total. The van der Waals surface area contributed by atoms with Crippen LogP contribution in [0.25, 0.3) is 11.3 Å². The topological polar surface area (TPSA) is 17.8 Å². The van der Waals surface area contributed by atoms with Crippen molar-refractivity contribution < 1.29 is 4.39 Å². The van der Waals surface area contributed by atoms with Crippen molar-refractivity contribution in [1.82, 2.24) is 9.78 Å². The van der Waals surface area contributed by atoms with Gasteiger partial charge in [-0.05, 0) is 49.6 Å². The van der Waals surface area contributed by atoms with Crippen LogP contribution < -0.4 is 0 Å². The van der Waals surface area contributed by atoms with E-state index >= 15 is 0 Å². The summed E-state index contributed by atoms with van der Waals surface area (Å²) in [7, 11) is 0. The van der Waals surface area contributed by atoms with Gasteiger partial charge in [-0.15, -0.1) is 0 Å². The van der Waals surface area contributed by atoms with E-state index in [-0.39, 0.29) is 5.82 Å². The number of hydrogen-bond acceptors (Lipinski definition) is 1. The predicted molar refractivity (Wildman–Crippen MR) is 65.2 cm³/mol. The summed E-state index contributed by atoms with van der Waals surface area (Å²) in [4.78, 5) is 0. The highest BCUT2D eigenvalue weighted by molar-refractivity contribution is 5.59. The SMILES string of the molecule is Fc1ccc(-c2cc3n(n2)CCCCC3)cc1. The third kappa shape index (κ3) is 2.09. The molecule has 2 aromatic rings. The number of aromatic nitrogens is 2. The maximum absolute atomic E-state index is 12.9. The Labute approximate surface area is 100 Å². The quantitative estimate of drug-likeness (QED) is 0.734. The summed E-state index contributed by atoms with van der Waals surface area (Å²) in [6.45, 7) is 1.01. The van der Waals surface area contributed by atoms with E-state index in [1.54, 1.807) is 12.1 Å². The maximum atomic E-state index is 12.9. The second-order valence-electron chi connectivity index (χ2n) is 4.56. The lowest BCUT2D eigenvalue weighted by atomic mass is 10.1. The first-order valence-electron chi connectivity index (χ1n) is 6.15. The zero-order chi connectivity index (χ0) is 11.7. The summed E-state index contributed by atoms with van der Waals surface area (Å²) in [6.07, 6.45) is 4.84. The van der Waals surface area contributed by atoms with Gasteiger partial charge in [0.2, 0.25) is 0 Å². The number of hydrogen-bond donors (Lipinski definition) is 0. The smallest absolute Gasteiger partial charge is 0.123 e. The first-order chi connectivity index (χ1) is 8.33. The zero-order valence-electron chi connectivity index (χ0n) is 9.69. The molecule has 0 aliphatic carbocycles. The lowest BCUT2D eigenvalue weighted by molar-refractivity contribution is 0.577. The fourth-order valence-electron chi connectivity index (χ4n) is 2.36. The Morgan fingerprint density at radius 3 is 2.71 bits per heavy atom. The normalized spacial score (nSPS) is 15.4. The van der Waals surface area contributed by atoms with Gasteiger partial charge < -0.3 is 0 Å². The van der Waals surface area contributed by atoms with Gasteiger partial charge in [-0.25, -0.2) is 4.39 Å². The molecule has 88 valence electrons. The fourth-order valence-corrected chi connectivity index (χ4v) is 2.36. The zero-order valence-corrected chi connectivity index (χ0v) is 9.69. The Morgan fingerprint density at radius 1 is 1.06 bits per heavy atom. The maximum Gasteiger partial charge on any atom is 0.123 e. The molecule has 0 radical (unpaired) electrons. The molecular formula is C14H15FN2. The van der Waals surface area contributed by atoms with Gasteiger partial charge in [0.1, 0.15) is 5.82 Å². The Balaban J connectivity index is 1.96. The van der Waals surface area contributed by atoms with Crippen molar-refractivity contribution >= 4 is 0 Å². The van der Waals surface area contributed by atoms with Crippen LogP contribution in [0.15, 0.2) is 30.3 Å². The highest BCUT2D eigenvalue weighted by Crippen LogP contribution is 2.22. The summed E-state index contributed by atoms with van der Waals surface area (Å²) in [5.41, 5.74) is 3.26. The standard InChI is InChI=1S/C14H15FN2/c15-12-7-5-11(6-8-12)14-10-13-4-2-1-3-9-17(13)16-14/h5-8,10H,1-4,9H2. The van der Waals surface area contributed by atoms with Gasteiger partial charge >= 0.3 is 0 Å². The third-order valence-corrected chi connectivity index (χ3v) is 3.31. The highest BCUT2D eigenvalue weighted by Gasteiger charge is 2.11. The van der Waals surface area contributed by atoms with E-state index in [0.717, 1.165) is 24.2 Å². The molecule has 0 saturated heterocycles.